The smallest absolute Gasteiger partial charge is 0.319 e. The lowest BCUT2D eigenvalue weighted by Gasteiger charge is -2.34. The quantitative estimate of drug-likeness (QED) is 0.578. The summed E-state index contributed by atoms with van der Waals surface area (Å²) >= 11 is 12.1. The highest BCUT2D eigenvalue weighted by Crippen LogP contribution is 2.57. The fourth-order valence-corrected chi connectivity index (χ4v) is 4.77. The average molecular weight is 355 g/mol. The predicted octanol–water partition coefficient (Wildman–Crippen LogP) is 4.47. The van der Waals surface area contributed by atoms with Crippen molar-refractivity contribution in [3.05, 3.63) is 33.8 Å². The number of carbonyl (C=O) groups is 2. The number of hydrogen-bond donors (Lipinski definition) is 0. The number of fused-ring (bicyclic) bond motifs is 2. The highest BCUT2D eigenvalue weighted by atomic mass is 35.5. The molecule has 5 heteroatoms. The zero-order valence-corrected chi connectivity index (χ0v) is 14.6. The molecule has 2 bridgehead atoms. The van der Waals surface area contributed by atoms with E-state index in [9.17, 15) is 9.59 Å². The lowest BCUT2D eigenvalue weighted by atomic mass is 9.68. The number of halogens is 2. The first kappa shape index (κ1) is 16.8. The van der Waals surface area contributed by atoms with Gasteiger partial charge in [-0.2, -0.15) is 0 Å². The maximum Gasteiger partial charge on any atom is 0.319 e. The number of esters is 1. The van der Waals surface area contributed by atoms with E-state index in [-0.39, 0.29) is 24.1 Å². The highest BCUT2D eigenvalue weighted by molar-refractivity contribution is 6.35. The molecule has 2 aliphatic carbocycles. The molecular weight excluding hydrogens is 335 g/mol. The van der Waals surface area contributed by atoms with Gasteiger partial charge in [-0.3, -0.25) is 9.59 Å². The second kappa shape index (κ2) is 6.45. The van der Waals surface area contributed by atoms with Crippen LogP contribution in [0, 0.1) is 17.3 Å². The third-order valence-electron chi connectivity index (χ3n) is 5.35. The van der Waals surface area contributed by atoms with Crippen molar-refractivity contribution < 1.29 is 14.3 Å². The van der Waals surface area contributed by atoms with Crippen LogP contribution in [0.25, 0.3) is 0 Å². The van der Waals surface area contributed by atoms with E-state index in [1.807, 2.05) is 0 Å². The zero-order chi connectivity index (χ0) is 16.6. The largest absolute Gasteiger partial charge is 0.465 e. The van der Waals surface area contributed by atoms with E-state index in [0.717, 1.165) is 19.3 Å². The van der Waals surface area contributed by atoms with Crippen LogP contribution in [0.3, 0.4) is 0 Å². The minimum atomic E-state index is -0.970. The third kappa shape index (κ3) is 2.89. The van der Waals surface area contributed by atoms with E-state index in [1.165, 1.54) is 0 Å². The fourth-order valence-electron chi connectivity index (χ4n) is 4.29. The van der Waals surface area contributed by atoms with Gasteiger partial charge in [0.2, 0.25) is 0 Å². The van der Waals surface area contributed by atoms with Crippen LogP contribution >= 0.6 is 23.2 Å². The maximum absolute atomic E-state index is 13.1. The Morgan fingerprint density at radius 3 is 2.65 bits per heavy atom. The molecule has 0 amide bonds. The van der Waals surface area contributed by atoms with Crippen molar-refractivity contribution in [3.8, 4) is 0 Å². The molecule has 0 N–H and O–H groups in total. The molecule has 0 radical (unpaired) electrons. The molecule has 124 valence electrons. The predicted molar refractivity (Wildman–Crippen MR) is 89.7 cm³/mol. The summed E-state index contributed by atoms with van der Waals surface area (Å²) in [6.45, 7) is 2.08. The van der Waals surface area contributed by atoms with Gasteiger partial charge in [0.1, 0.15) is 5.41 Å². The van der Waals surface area contributed by atoms with E-state index in [1.54, 1.807) is 25.1 Å². The summed E-state index contributed by atoms with van der Waals surface area (Å²) in [6, 6.07) is 5.10. The van der Waals surface area contributed by atoms with Gasteiger partial charge in [-0.05, 0) is 55.7 Å². The SMILES string of the molecule is CCOC(=O)C1(C(=O)Cc2ccc(Cl)cc2Cl)CC2CCC1C2. The van der Waals surface area contributed by atoms with Crippen LogP contribution in [-0.2, 0) is 20.7 Å². The Morgan fingerprint density at radius 2 is 2.09 bits per heavy atom. The van der Waals surface area contributed by atoms with Gasteiger partial charge in [0, 0.05) is 16.5 Å². The Hall–Kier alpha value is -1.06. The van der Waals surface area contributed by atoms with Gasteiger partial charge in [-0.1, -0.05) is 35.7 Å². The molecular formula is C18H20Cl2O3. The Morgan fingerprint density at radius 1 is 1.30 bits per heavy atom. The standard InChI is InChI=1S/C18H20Cl2O3/c1-2-23-17(22)18(10-11-3-5-13(18)7-11)16(21)8-12-4-6-14(19)9-15(12)20/h4,6,9,11,13H,2-3,5,7-8,10H2,1H3. The van der Waals surface area contributed by atoms with E-state index in [0.29, 0.717) is 34.6 Å². The topological polar surface area (TPSA) is 43.4 Å². The van der Waals surface area contributed by atoms with Gasteiger partial charge < -0.3 is 4.74 Å². The Kier molecular flexibility index (Phi) is 4.70. The molecule has 0 aliphatic heterocycles. The molecule has 3 nitrogen and oxygen atoms in total. The molecule has 2 aliphatic rings. The number of Topliss-reactive ketones (excluding diaryl/α,β-unsaturated/α-hetero) is 1. The van der Waals surface area contributed by atoms with E-state index >= 15 is 0 Å². The lowest BCUT2D eigenvalue weighted by Crippen LogP contribution is -2.45. The second-order valence-corrected chi connectivity index (χ2v) is 7.45. The van der Waals surface area contributed by atoms with Crippen LogP contribution in [0.2, 0.25) is 10.0 Å². The molecule has 0 aromatic heterocycles. The molecule has 3 rings (SSSR count). The normalized spacial score (nSPS) is 28.8. The van der Waals surface area contributed by atoms with Gasteiger partial charge in [-0.15, -0.1) is 0 Å². The number of hydrogen-bond acceptors (Lipinski definition) is 3. The summed E-state index contributed by atoms with van der Waals surface area (Å²) in [5, 5.41) is 0.999. The fraction of sp³-hybridized carbons (Fsp3) is 0.556. The second-order valence-electron chi connectivity index (χ2n) is 6.61. The van der Waals surface area contributed by atoms with Crippen LogP contribution in [-0.4, -0.2) is 18.4 Å². The first-order chi connectivity index (χ1) is 11.0. The van der Waals surface area contributed by atoms with E-state index in [2.05, 4.69) is 0 Å². The molecule has 1 aromatic rings. The van der Waals surface area contributed by atoms with E-state index < -0.39 is 5.41 Å². The van der Waals surface area contributed by atoms with Gasteiger partial charge in [0.05, 0.1) is 6.61 Å². The average Bonchev–Trinajstić information content (AvgIpc) is 3.11. The van der Waals surface area contributed by atoms with Crippen molar-refractivity contribution in [2.75, 3.05) is 6.61 Å². The number of ether oxygens (including phenoxy) is 1. The van der Waals surface area contributed by atoms with Gasteiger partial charge in [-0.25, -0.2) is 0 Å². The zero-order valence-electron chi connectivity index (χ0n) is 13.1. The van der Waals surface area contributed by atoms with Crippen LogP contribution in [0.15, 0.2) is 18.2 Å². The van der Waals surface area contributed by atoms with Crippen LogP contribution in [0.4, 0.5) is 0 Å². The number of ketones is 1. The maximum atomic E-state index is 13.1. The van der Waals surface area contributed by atoms with Crippen LogP contribution in [0.5, 0.6) is 0 Å². The first-order valence-corrected chi connectivity index (χ1v) is 8.87. The molecule has 3 unspecified atom stereocenters. The summed E-state index contributed by atoms with van der Waals surface area (Å²) < 4.78 is 5.28. The molecule has 2 fully saturated rings. The van der Waals surface area contributed by atoms with Gasteiger partial charge in [0.15, 0.2) is 5.78 Å². The van der Waals surface area contributed by atoms with Crippen LogP contribution < -0.4 is 0 Å². The van der Waals surface area contributed by atoms with Crippen molar-refractivity contribution in [1.82, 2.24) is 0 Å². The molecule has 0 saturated heterocycles. The van der Waals surface area contributed by atoms with Crippen molar-refractivity contribution in [3.63, 3.8) is 0 Å². The minimum Gasteiger partial charge on any atom is -0.465 e. The summed E-state index contributed by atoms with van der Waals surface area (Å²) in [7, 11) is 0. The van der Waals surface area contributed by atoms with E-state index in [4.69, 9.17) is 27.9 Å². The molecule has 1 aromatic carbocycles. The van der Waals surface area contributed by atoms with Crippen LogP contribution in [0.1, 0.15) is 38.2 Å². The minimum absolute atomic E-state index is 0.0626. The molecule has 2 saturated carbocycles. The Bertz CT molecular complexity index is 643. The summed E-state index contributed by atoms with van der Waals surface area (Å²) in [6.07, 6.45) is 3.78. The summed E-state index contributed by atoms with van der Waals surface area (Å²) in [5.74, 6) is 0.175. The van der Waals surface area contributed by atoms with Crippen molar-refractivity contribution >= 4 is 35.0 Å². The monoisotopic (exact) mass is 354 g/mol. The lowest BCUT2D eigenvalue weighted by molar-refractivity contribution is -0.164. The first-order valence-electron chi connectivity index (χ1n) is 8.11. The summed E-state index contributed by atoms with van der Waals surface area (Å²) in [5.41, 5.74) is -0.255. The van der Waals surface area contributed by atoms with Gasteiger partial charge in [0.25, 0.3) is 0 Å². The molecule has 23 heavy (non-hydrogen) atoms. The highest BCUT2D eigenvalue weighted by Gasteiger charge is 2.60. The molecule has 0 spiro atoms. The van der Waals surface area contributed by atoms with Crippen molar-refractivity contribution in [1.29, 1.82) is 0 Å². The number of benzene rings is 1. The number of carbonyl (C=O) groups excluding carboxylic acids is 2. The Balaban J connectivity index is 1.88. The van der Waals surface area contributed by atoms with Crippen molar-refractivity contribution in [2.45, 2.75) is 39.0 Å². The van der Waals surface area contributed by atoms with Crippen molar-refractivity contribution in [2.24, 2.45) is 17.3 Å². The molecule has 3 atom stereocenters. The summed E-state index contributed by atoms with van der Waals surface area (Å²) in [4.78, 5) is 25.7. The number of rotatable bonds is 5. The molecule has 0 heterocycles. The third-order valence-corrected chi connectivity index (χ3v) is 5.94. The Labute approximate surface area is 146 Å². The van der Waals surface area contributed by atoms with Gasteiger partial charge >= 0.3 is 5.97 Å².